The number of aryl methyl sites for hydroxylation is 1. The summed E-state index contributed by atoms with van der Waals surface area (Å²) in [6.07, 6.45) is 3.05. The van der Waals surface area contributed by atoms with E-state index in [1.54, 1.807) is 25.6 Å². The van der Waals surface area contributed by atoms with E-state index in [0.29, 0.717) is 31.1 Å². The van der Waals surface area contributed by atoms with Gasteiger partial charge in [0.15, 0.2) is 0 Å². The highest BCUT2D eigenvalue weighted by molar-refractivity contribution is 5.77. The number of methoxy groups -OCH3 is 1. The summed E-state index contributed by atoms with van der Waals surface area (Å²) in [5, 5.41) is 7.13. The van der Waals surface area contributed by atoms with Crippen LogP contribution in [0.1, 0.15) is 30.3 Å². The molecule has 0 spiro atoms. The first-order chi connectivity index (χ1) is 18.1. The maximum atomic E-state index is 13.5. The number of rotatable bonds is 10. The zero-order chi connectivity index (χ0) is 25.6. The van der Waals surface area contributed by atoms with Crippen molar-refractivity contribution in [3.63, 3.8) is 0 Å². The molecular weight excluding hydrogens is 473 g/mol. The summed E-state index contributed by atoms with van der Waals surface area (Å²) in [6.45, 7) is 0.465. The molecule has 0 aliphatic rings. The standard InChI is InChI=1S/C28H26FN5O3/c1-36-22-15-11-20(12-16-22)28-32-27(37-33-28)8-4-7-26(35)31-24(19-9-13-21(29)14-10-19)17-34-18-30-23-5-2-3-6-25(23)34/h2-3,5-6,9-16,18,24H,4,7-8,17H2,1H3,(H,31,35). The number of hydrogen-bond acceptors (Lipinski definition) is 6. The molecule has 0 aliphatic heterocycles. The fourth-order valence-electron chi connectivity index (χ4n) is 4.16. The van der Waals surface area contributed by atoms with Gasteiger partial charge >= 0.3 is 0 Å². The molecule has 37 heavy (non-hydrogen) atoms. The predicted molar refractivity (Wildman–Crippen MR) is 136 cm³/mol. The molecule has 3 aromatic carbocycles. The van der Waals surface area contributed by atoms with Crippen LogP contribution in [0.2, 0.25) is 0 Å². The number of carbonyl (C=O) groups excluding carboxylic acids is 1. The Bertz CT molecular complexity index is 1480. The highest BCUT2D eigenvalue weighted by Crippen LogP contribution is 2.22. The molecule has 1 unspecified atom stereocenters. The fourth-order valence-corrected chi connectivity index (χ4v) is 4.16. The van der Waals surface area contributed by atoms with Crippen molar-refractivity contribution < 1.29 is 18.4 Å². The third-order valence-corrected chi connectivity index (χ3v) is 6.13. The first kappa shape index (κ1) is 24.2. The van der Waals surface area contributed by atoms with E-state index in [9.17, 15) is 9.18 Å². The van der Waals surface area contributed by atoms with Crippen molar-refractivity contribution in [3.05, 3.63) is 96.4 Å². The van der Waals surface area contributed by atoms with Crippen LogP contribution in [0.15, 0.2) is 83.6 Å². The number of halogens is 1. The second-order valence-electron chi connectivity index (χ2n) is 8.65. The maximum Gasteiger partial charge on any atom is 0.226 e. The second-order valence-corrected chi connectivity index (χ2v) is 8.65. The van der Waals surface area contributed by atoms with Gasteiger partial charge in [0.05, 0.1) is 30.5 Å². The van der Waals surface area contributed by atoms with Crippen molar-refractivity contribution >= 4 is 16.9 Å². The molecule has 188 valence electrons. The number of para-hydroxylation sites is 2. The summed E-state index contributed by atoms with van der Waals surface area (Å²) in [5.74, 6) is 1.27. The summed E-state index contributed by atoms with van der Waals surface area (Å²) < 4.78 is 26.1. The zero-order valence-electron chi connectivity index (χ0n) is 20.3. The van der Waals surface area contributed by atoms with Crippen LogP contribution >= 0.6 is 0 Å². The lowest BCUT2D eigenvalue weighted by molar-refractivity contribution is -0.122. The van der Waals surface area contributed by atoms with Gasteiger partial charge in [-0.05, 0) is 60.5 Å². The van der Waals surface area contributed by atoms with Gasteiger partial charge in [0.1, 0.15) is 11.6 Å². The Labute approximate surface area is 213 Å². The van der Waals surface area contributed by atoms with Crippen molar-refractivity contribution in [2.24, 2.45) is 0 Å². The number of fused-ring (bicyclic) bond motifs is 1. The van der Waals surface area contributed by atoms with Crippen molar-refractivity contribution in [1.29, 1.82) is 0 Å². The molecule has 2 aromatic heterocycles. The van der Waals surface area contributed by atoms with Gasteiger partial charge in [0.25, 0.3) is 0 Å². The number of aromatic nitrogens is 4. The molecule has 1 N–H and O–H groups in total. The van der Waals surface area contributed by atoms with E-state index < -0.39 is 0 Å². The molecule has 1 atom stereocenters. The van der Waals surface area contributed by atoms with E-state index in [2.05, 4.69) is 20.4 Å². The minimum Gasteiger partial charge on any atom is -0.497 e. The second kappa shape index (κ2) is 11.0. The number of ether oxygens (including phenoxy) is 1. The molecule has 0 bridgehead atoms. The van der Waals surface area contributed by atoms with Gasteiger partial charge in [-0.25, -0.2) is 9.37 Å². The first-order valence-electron chi connectivity index (χ1n) is 12.0. The third-order valence-electron chi connectivity index (χ3n) is 6.13. The van der Waals surface area contributed by atoms with Gasteiger partial charge in [0, 0.05) is 24.9 Å². The summed E-state index contributed by atoms with van der Waals surface area (Å²) in [4.78, 5) is 21.7. The Balaban J connectivity index is 1.21. The Morgan fingerprint density at radius 2 is 1.86 bits per heavy atom. The summed E-state index contributed by atoms with van der Waals surface area (Å²) >= 11 is 0. The maximum absolute atomic E-state index is 13.5. The van der Waals surface area contributed by atoms with Crippen molar-refractivity contribution in [2.45, 2.75) is 31.8 Å². The quantitative estimate of drug-likeness (QED) is 0.287. The lowest BCUT2D eigenvalue weighted by Crippen LogP contribution is -2.31. The summed E-state index contributed by atoms with van der Waals surface area (Å²) in [6, 6.07) is 21.0. The van der Waals surface area contributed by atoms with Crippen LogP contribution in [-0.4, -0.2) is 32.7 Å². The van der Waals surface area contributed by atoms with Gasteiger partial charge in [0.2, 0.25) is 17.6 Å². The van der Waals surface area contributed by atoms with Crippen molar-refractivity contribution in [1.82, 2.24) is 25.0 Å². The lowest BCUT2D eigenvalue weighted by atomic mass is 10.1. The van der Waals surface area contributed by atoms with Crippen LogP contribution in [0.5, 0.6) is 5.75 Å². The Morgan fingerprint density at radius 3 is 2.65 bits per heavy atom. The predicted octanol–water partition coefficient (Wildman–Crippen LogP) is 5.11. The van der Waals surface area contributed by atoms with E-state index in [1.807, 2.05) is 53.1 Å². The number of benzene rings is 3. The van der Waals surface area contributed by atoms with Gasteiger partial charge < -0.3 is 19.1 Å². The third kappa shape index (κ3) is 5.83. The SMILES string of the molecule is COc1ccc(-c2noc(CCCC(=O)NC(Cn3cnc4ccccc43)c3ccc(F)cc3)n2)cc1. The minimum absolute atomic E-state index is 0.117. The lowest BCUT2D eigenvalue weighted by Gasteiger charge is -2.20. The molecule has 1 amide bonds. The monoisotopic (exact) mass is 499 g/mol. The highest BCUT2D eigenvalue weighted by atomic mass is 19.1. The van der Waals surface area contributed by atoms with Crippen molar-refractivity contribution in [2.75, 3.05) is 7.11 Å². The van der Waals surface area contributed by atoms with Crippen molar-refractivity contribution in [3.8, 4) is 17.1 Å². The van der Waals surface area contributed by atoms with Gasteiger partial charge in [-0.3, -0.25) is 4.79 Å². The Morgan fingerprint density at radius 1 is 1.08 bits per heavy atom. The topological polar surface area (TPSA) is 95.1 Å². The van der Waals surface area contributed by atoms with Crippen LogP contribution in [0.25, 0.3) is 22.4 Å². The van der Waals surface area contributed by atoms with E-state index in [-0.39, 0.29) is 24.2 Å². The molecule has 8 nitrogen and oxygen atoms in total. The summed E-state index contributed by atoms with van der Waals surface area (Å²) in [7, 11) is 1.61. The van der Waals surface area contributed by atoms with Crippen LogP contribution in [0, 0.1) is 5.82 Å². The van der Waals surface area contributed by atoms with Gasteiger partial charge in [-0.1, -0.05) is 29.4 Å². The van der Waals surface area contributed by atoms with Crippen LogP contribution in [-0.2, 0) is 17.8 Å². The normalized spacial score (nSPS) is 11.9. The first-order valence-corrected chi connectivity index (χ1v) is 12.0. The number of amides is 1. The number of hydrogen-bond donors (Lipinski definition) is 1. The van der Waals surface area contributed by atoms with Gasteiger partial charge in [-0.15, -0.1) is 0 Å². The number of carbonyl (C=O) groups is 1. The zero-order valence-corrected chi connectivity index (χ0v) is 20.3. The largest absolute Gasteiger partial charge is 0.497 e. The van der Waals surface area contributed by atoms with E-state index in [4.69, 9.17) is 9.26 Å². The molecule has 0 saturated heterocycles. The van der Waals surface area contributed by atoms with Crippen LogP contribution in [0.3, 0.4) is 0 Å². The molecule has 0 saturated carbocycles. The molecular formula is C28H26FN5O3. The molecule has 0 fully saturated rings. The fraction of sp³-hybridized carbons (Fsp3) is 0.214. The minimum atomic E-state index is -0.351. The molecule has 0 radical (unpaired) electrons. The number of imidazole rings is 1. The molecule has 5 aromatic rings. The van der Waals surface area contributed by atoms with Gasteiger partial charge in [-0.2, -0.15) is 4.98 Å². The smallest absolute Gasteiger partial charge is 0.226 e. The van der Waals surface area contributed by atoms with Crippen LogP contribution in [0.4, 0.5) is 4.39 Å². The van der Waals surface area contributed by atoms with E-state index in [0.717, 1.165) is 27.9 Å². The van der Waals surface area contributed by atoms with E-state index >= 15 is 0 Å². The average molecular weight is 500 g/mol. The molecule has 5 rings (SSSR count). The highest BCUT2D eigenvalue weighted by Gasteiger charge is 2.17. The number of nitrogens with zero attached hydrogens (tertiary/aromatic N) is 4. The molecule has 9 heteroatoms. The Kier molecular flexibility index (Phi) is 7.21. The van der Waals surface area contributed by atoms with E-state index in [1.165, 1.54) is 12.1 Å². The van der Waals surface area contributed by atoms with Crippen LogP contribution < -0.4 is 10.1 Å². The average Bonchev–Trinajstić information content (AvgIpc) is 3.56. The number of nitrogens with one attached hydrogen (secondary N) is 1. The Hall–Kier alpha value is -4.53. The molecule has 0 aliphatic carbocycles. The summed E-state index contributed by atoms with van der Waals surface area (Å²) in [5.41, 5.74) is 3.48. The molecule has 2 heterocycles.